The number of nitrogens with zero attached hydrogens (tertiary/aromatic N) is 1. The van der Waals surface area contributed by atoms with E-state index < -0.39 is 0 Å². The third-order valence-electron chi connectivity index (χ3n) is 7.13. The summed E-state index contributed by atoms with van der Waals surface area (Å²) in [6, 6.07) is 14.4. The Morgan fingerprint density at radius 1 is 1.16 bits per heavy atom. The molecule has 0 bridgehead atoms. The van der Waals surface area contributed by atoms with Crippen molar-refractivity contribution < 1.29 is 19.4 Å². The highest BCUT2D eigenvalue weighted by molar-refractivity contribution is 5.81. The number of likely N-dealkylation sites (tertiary alicyclic amines) is 1. The molecule has 0 saturated carbocycles. The van der Waals surface area contributed by atoms with Crippen LogP contribution < -0.4 is 10.1 Å². The van der Waals surface area contributed by atoms with Crippen molar-refractivity contribution in [1.82, 2.24) is 4.90 Å². The summed E-state index contributed by atoms with van der Waals surface area (Å²) in [7, 11) is 1.67. The van der Waals surface area contributed by atoms with E-state index in [1.807, 2.05) is 18.2 Å². The number of carbonyl (C=O) groups is 1. The van der Waals surface area contributed by atoms with Gasteiger partial charge in [0.1, 0.15) is 5.75 Å². The first-order valence-electron chi connectivity index (χ1n) is 11.2. The normalized spacial score (nSPS) is 25.5. The third-order valence-corrected chi connectivity index (χ3v) is 7.13. The van der Waals surface area contributed by atoms with Crippen LogP contribution in [0.2, 0.25) is 0 Å². The lowest BCUT2D eigenvalue weighted by atomic mass is 9.82. The topological polar surface area (TPSA) is 71.0 Å². The van der Waals surface area contributed by atoms with Crippen LogP contribution in [0, 0.1) is 11.8 Å². The summed E-state index contributed by atoms with van der Waals surface area (Å²) < 4.78 is 10.9. The molecule has 1 amide bonds. The molecule has 2 N–H and O–H groups in total. The van der Waals surface area contributed by atoms with Crippen LogP contribution in [-0.4, -0.2) is 55.4 Å². The van der Waals surface area contributed by atoms with E-state index in [0.717, 1.165) is 53.9 Å². The van der Waals surface area contributed by atoms with Gasteiger partial charge in [0.15, 0.2) is 0 Å². The molecule has 3 atom stereocenters. The van der Waals surface area contributed by atoms with Crippen LogP contribution in [-0.2, 0) is 9.53 Å². The fraction of sp³-hybridized carbons (Fsp3) is 0.480. The Morgan fingerprint density at radius 3 is 2.74 bits per heavy atom. The van der Waals surface area contributed by atoms with Gasteiger partial charge >= 0.3 is 0 Å². The van der Waals surface area contributed by atoms with E-state index in [-0.39, 0.29) is 36.4 Å². The van der Waals surface area contributed by atoms with Crippen LogP contribution in [0.3, 0.4) is 0 Å². The largest absolute Gasteiger partial charge is 0.497 e. The van der Waals surface area contributed by atoms with Crippen molar-refractivity contribution in [3.05, 3.63) is 48.0 Å². The maximum absolute atomic E-state index is 13.5. The number of aliphatic hydroxyl groups excluding tert-OH is 1. The molecule has 5 rings (SSSR count). The molecule has 0 spiro atoms. The summed E-state index contributed by atoms with van der Waals surface area (Å²) in [5, 5.41) is 13.6. The molecular weight excluding hydrogens is 392 g/mol. The molecule has 3 aliphatic heterocycles. The highest BCUT2D eigenvalue weighted by atomic mass is 16.5. The molecule has 0 radical (unpaired) electrons. The average molecular weight is 423 g/mol. The van der Waals surface area contributed by atoms with Gasteiger partial charge in [-0.15, -0.1) is 0 Å². The number of nitrogens with one attached hydrogen (secondary N) is 1. The van der Waals surface area contributed by atoms with Crippen molar-refractivity contribution in [1.29, 1.82) is 0 Å². The predicted molar refractivity (Wildman–Crippen MR) is 119 cm³/mol. The number of ether oxygens (including phenoxy) is 2. The summed E-state index contributed by atoms with van der Waals surface area (Å²) in [5.74, 6) is 1.32. The number of carbonyl (C=O) groups excluding carboxylic acids is 1. The number of hydrogen-bond donors (Lipinski definition) is 2. The Morgan fingerprint density at radius 2 is 1.97 bits per heavy atom. The zero-order valence-electron chi connectivity index (χ0n) is 17.9. The Balaban J connectivity index is 1.52. The molecule has 0 aliphatic carbocycles. The average Bonchev–Trinajstić information content (AvgIpc) is 3.29. The Bertz CT molecular complexity index is 956. The van der Waals surface area contributed by atoms with Crippen LogP contribution in [0.4, 0.5) is 5.69 Å². The fourth-order valence-corrected chi connectivity index (χ4v) is 5.47. The monoisotopic (exact) mass is 422 g/mol. The second-order valence-electron chi connectivity index (χ2n) is 8.78. The molecule has 2 fully saturated rings. The molecule has 6 heteroatoms. The molecule has 0 unspecified atom stereocenters. The number of hydrogen-bond acceptors (Lipinski definition) is 5. The van der Waals surface area contributed by atoms with Gasteiger partial charge in [0, 0.05) is 37.3 Å². The fourth-order valence-electron chi connectivity index (χ4n) is 5.47. The number of anilines is 1. The summed E-state index contributed by atoms with van der Waals surface area (Å²) in [6.45, 7) is 2.13. The van der Waals surface area contributed by atoms with Gasteiger partial charge in [-0.3, -0.25) is 4.79 Å². The lowest BCUT2D eigenvalue weighted by molar-refractivity contribution is -0.140. The van der Waals surface area contributed by atoms with Gasteiger partial charge in [0.25, 0.3) is 0 Å². The Hall–Kier alpha value is -2.57. The molecule has 0 aromatic heterocycles. The van der Waals surface area contributed by atoms with E-state index in [0.29, 0.717) is 13.2 Å². The zero-order valence-corrected chi connectivity index (χ0v) is 17.9. The zero-order chi connectivity index (χ0) is 21.4. The first-order chi connectivity index (χ1) is 15.2. The maximum Gasteiger partial charge on any atom is 0.226 e. The summed E-state index contributed by atoms with van der Waals surface area (Å²) in [5.41, 5.74) is 4.35. The number of benzene rings is 2. The van der Waals surface area contributed by atoms with Gasteiger partial charge in [-0.25, -0.2) is 0 Å². The number of fused-ring (bicyclic) bond motifs is 3. The molecule has 2 saturated heterocycles. The molecule has 2 aromatic carbocycles. The lowest BCUT2D eigenvalue weighted by Crippen LogP contribution is -2.44. The first kappa shape index (κ1) is 20.3. The minimum absolute atomic E-state index is 0.00528. The van der Waals surface area contributed by atoms with E-state index in [4.69, 9.17) is 9.47 Å². The Kier molecular flexibility index (Phi) is 5.59. The second kappa shape index (κ2) is 8.52. The van der Waals surface area contributed by atoms with Crippen molar-refractivity contribution in [2.24, 2.45) is 11.8 Å². The summed E-state index contributed by atoms with van der Waals surface area (Å²) in [6.07, 6.45) is 2.50. The van der Waals surface area contributed by atoms with Crippen LogP contribution in [0.15, 0.2) is 42.5 Å². The minimum Gasteiger partial charge on any atom is -0.497 e. The van der Waals surface area contributed by atoms with Crippen LogP contribution in [0.5, 0.6) is 5.75 Å². The quantitative estimate of drug-likeness (QED) is 0.790. The maximum atomic E-state index is 13.5. The summed E-state index contributed by atoms with van der Waals surface area (Å²) >= 11 is 0. The van der Waals surface area contributed by atoms with Crippen molar-refractivity contribution in [3.8, 4) is 16.9 Å². The van der Waals surface area contributed by atoms with Crippen LogP contribution >= 0.6 is 0 Å². The van der Waals surface area contributed by atoms with Gasteiger partial charge in [-0.05, 0) is 60.2 Å². The minimum atomic E-state index is -0.0346. The predicted octanol–water partition coefficient (Wildman–Crippen LogP) is 3.46. The van der Waals surface area contributed by atoms with Gasteiger partial charge in [0.05, 0.1) is 25.8 Å². The molecule has 31 heavy (non-hydrogen) atoms. The van der Waals surface area contributed by atoms with Crippen LogP contribution in [0.1, 0.15) is 30.9 Å². The summed E-state index contributed by atoms with van der Waals surface area (Å²) in [4.78, 5) is 15.6. The smallest absolute Gasteiger partial charge is 0.226 e. The van der Waals surface area contributed by atoms with Gasteiger partial charge in [-0.2, -0.15) is 0 Å². The van der Waals surface area contributed by atoms with E-state index in [9.17, 15) is 9.90 Å². The molecule has 2 aromatic rings. The van der Waals surface area contributed by atoms with E-state index in [1.165, 1.54) is 0 Å². The Labute approximate surface area is 183 Å². The second-order valence-corrected chi connectivity index (χ2v) is 8.78. The molecule has 3 heterocycles. The highest BCUT2D eigenvalue weighted by Gasteiger charge is 2.46. The number of amides is 1. The third kappa shape index (κ3) is 3.68. The van der Waals surface area contributed by atoms with Gasteiger partial charge < -0.3 is 24.8 Å². The van der Waals surface area contributed by atoms with Crippen molar-refractivity contribution in [3.63, 3.8) is 0 Å². The van der Waals surface area contributed by atoms with Crippen molar-refractivity contribution >= 4 is 11.6 Å². The van der Waals surface area contributed by atoms with Crippen molar-refractivity contribution in [2.75, 3.05) is 38.8 Å². The molecule has 6 nitrogen and oxygen atoms in total. The standard InChI is InChI=1S/C25H30N2O4/c1-30-19-4-2-3-17(13-19)18-5-6-22-21(14-18)24-20(23(15-28)26-22)7-10-27(24)25(29)16-8-11-31-12-9-16/h2-6,13-14,16,20,23-24,26,28H,7-12,15H2,1H3/t20-,23-,24-/m1/s1. The van der Waals surface area contributed by atoms with Gasteiger partial charge in [0.2, 0.25) is 5.91 Å². The molecule has 164 valence electrons. The highest BCUT2D eigenvalue weighted by Crippen LogP contribution is 2.48. The SMILES string of the molecule is COc1cccc(-c2ccc3c(c2)[C@H]2[C@H](CCN2C(=O)C2CCOCC2)[C@@H](CO)N3)c1. The van der Waals surface area contributed by atoms with E-state index in [1.54, 1.807) is 7.11 Å². The first-order valence-corrected chi connectivity index (χ1v) is 11.2. The van der Waals surface area contributed by atoms with E-state index >= 15 is 0 Å². The molecule has 3 aliphatic rings. The van der Waals surface area contributed by atoms with Crippen molar-refractivity contribution in [2.45, 2.75) is 31.3 Å². The number of aliphatic hydroxyl groups is 1. The lowest BCUT2D eigenvalue weighted by Gasteiger charge is -2.40. The molecular formula is C25H30N2O4. The number of methoxy groups -OCH3 is 1. The van der Waals surface area contributed by atoms with E-state index in [2.05, 4.69) is 34.5 Å². The van der Waals surface area contributed by atoms with Gasteiger partial charge in [-0.1, -0.05) is 18.2 Å². The van der Waals surface area contributed by atoms with Crippen LogP contribution in [0.25, 0.3) is 11.1 Å². The number of rotatable bonds is 4.